The van der Waals surface area contributed by atoms with Gasteiger partial charge < -0.3 is 0 Å². The zero-order valence-electron chi connectivity index (χ0n) is 17.2. The van der Waals surface area contributed by atoms with Crippen LogP contribution in [0.15, 0.2) is 66.7 Å². The summed E-state index contributed by atoms with van der Waals surface area (Å²) in [5.74, 6) is -2.72. The minimum absolute atomic E-state index is 0.141. The summed E-state index contributed by atoms with van der Waals surface area (Å²) >= 11 is 0. The normalized spacial score (nSPS) is 11.3. The van der Waals surface area contributed by atoms with Crippen molar-refractivity contribution in [1.82, 2.24) is 0 Å². The third-order valence-electron chi connectivity index (χ3n) is 5.60. The van der Waals surface area contributed by atoms with Gasteiger partial charge in [0.05, 0.1) is 0 Å². The smallest absolute Gasteiger partial charge is 0.166 e. The van der Waals surface area contributed by atoms with Crippen molar-refractivity contribution in [3.63, 3.8) is 0 Å². The van der Waals surface area contributed by atoms with Gasteiger partial charge in [0.15, 0.2) is 11.6 Å². The van der Waals surface area contributed by atoms with Gasteiger partial charge in [-0.1, -0.05) is 62.2 Å². The fourth-order valence-electron chi connectivity index (χ4n) is 3.88. The molecule has 4 rings (SSSR count). The molecule has 0 amide bonds. The first-order chi connectivity index (χ1) is 15.0. The summed E-state index contributed by atoms with van der Waals surface area (Å²) in [5.41, 5.74) is 2.58. The Hall–Kier alpha value is -3.14. The first kappa shape index (κ1) is 21.1. The molecule has 0 N–H and O–H groups in total. The predicted octanol–water partition coefficient (Wildman–Crippen LogP) is 8.46. The summed E-state index contributed by atoms with van der Waals surface area (Å²) in [7, 11) is 0. The number of benzene rings is 4. The Kier molecular flexibility index (Phi) is 6.08. The van der Waals surface area contributed by atoms with Gasteiger partial charge in [0.1, 0.15) is 11.6 Å². The number of fused-ring (bicyclic) bond motifs is 1. The molecule has 0 fully saturated rings. The molecule has 4 aromatic carbocycles. The zero-order valence-corrected chi connectivity index (χ0v) is 17.2. The molecule has 0 aromatic heterocycles. The van der Waals surface area contributed by atoms with Crippen molar-refractivity contribution in [1.29, 1.82) is 0 Å². The predicted molar refractivity (Wildman–Crippen MR) is 118 cm³/mol. The zero-order chi connectivity index (χ0) is 22.0. The second-order valence-corrected chi connectivity index (χ2v) is 7.76. The molecule has 4 aromatic rings. The number of unbranched alkanes of at least 4 members (excludes halogenated alkanes) is 2. The number of hydrogen-bond acceptors (Lipinski definition) is 0. The molecule has 0 aliphatic rings. The summed E-state index contributed by atoms with van der Waals surface area (Å²) in [6.45, 7) is 2.12. The van der Waals surface area contributed by atoms with E-state index in [9.17, 15) is 17.6 Å². The van der Waals surface area contributed by atoms with Crippen LogP contribution >= 0.6 is 0 Å². The number of hydrogen-bond donors (Lipinski definition) is 0. The largest absolute Gasteiger partial charge is 0.206 e. The molecule has 0 aliphatic carbocycles. The molecule has 158 valence electrons. The Balaban J connectivity index is 1.64. The molecular formula is C27H22F4. The SMILES string of the molecule is CCCCCc1ccc(-c2ccc(-c3ccc4c(F)c(F)ccc4c3)c(F)c2)c(F)c1. The van der Waals surface area contributed by atoms with Crippen LogP contribution in [0.5, 0.6) is 0 Å². The van der Waals surface area contributed by atoms with Crippen LogP contribution in [0, 0.1) is 23.3 Å². The highest BCUT2D eigenvalue weighted by Crippen LogP contribution is 2.32. The average molecular weight is 422 g/mol. The summed E-state index contributed by atoms with van der Waals surface area (Å²) in [4.78, 5) is 0. The molecule has 31 heavy (non-hydrogen) atoms. The second-order valence-electron chi connectivity index (χ2n) is 7.76. The van der Waals surface area contributed by atoms with Crippen molar-refractivity contribution in [2.24, 2.45) is 0 Å². The van der Waals surface area contributed by atoms with Crippen molar-refractivity contribution in [2.45, 2.75) is 32.6 Å². The van der Waals surface area contributed by atoms with E-state index in [2.05, 4.69) is 6.92 Å². The first-order valence-corrected chi connectivity index (χ1v) is 10.4. The van der Waals surface area contributed by atoms with Crippen molar-refractivity contribution >= 4 is 10.8 Å². The van der Waals surface area contributed by atoms with E-state index < -0.39 is 17.5 Å². The van der Waals surface area contributed by atoms with Gasteiger partial charge in [-0.15, -0.1) is 0 Å². The standard InChI is InChI=1S/C27H22F4/c1-2-3-4-5-17-6-10-21(25(29)14-17)20-7-11-22(26(30)16-20)18-8-12-23-19(15-18)9-13-24(28)27(23)31/h6-16H,2-5H2,1H3. The first-order valence-electron chi connectivity index (χ1n) is 10.4. The molecule has 0 atom stereocenters. The van der Waals surface area contributed by atoms with Crippen molar-refractivity contribution in [3.8, 4) is 22.3 Å². The summed E-state index contributed by atoms with van der Waals surface area (Å²) in [6, 6.07) is 16.8. The van der Waals surface area contributed by atoms with Crippen LogP contribution in [0.4, 0.5) is 17.6 Å². The van der Waals surface area contributed by atoms with Crippen LogP contribution in [0.2, 0.25) is 0 Å². The quantitative estimate of drug-likeness (QED) is 0.216. The van der Waals surface area contributed by atoms with E-state index in [-0.39, 0.29) is 11.2 Å². The lowest BCUT2D eigenvalue weighted by Crippen LogP contribution is -1.92. The Bertz CT molecular complexity index is 1240. The highest BCUT2D eigenvalue weighted by atomic mass is 19.2. The van der Waals surface area contributed by atoms with Crippen LogP contribution in [0.1, 0.15) is 31.7 Å². The summed E-state index contributed by atoms with van der Waals surface area (Å²) in [6.07, 6.45) is 4.05. The van der Waals surface area contributed by atoms with E-state index in [0.29, 0.717) is 27.6 Å². The Labute approximate surface area is 179 Å². The maximum absolute atomic E-state index is 14.9. The molecule has 0 aliphatic heterocycles. The highest BCUT2D eigenvalue weighted by Gasteiger charge is 2.13. The van der Waals surface area contributed by atoms with Crippen molar-refractivity contribution in [3.05, 3.63) is 95.6 Å². The van der Waals surface area contributed by atoms with Crippen molar-refractivity contribution < 1.29 is 17.6 Å². The average Bonchev–Trinajstić information content (AvgIpc) is 2.76. The lowest BCUT2D eigenvalue weighted by atomic mass is 9.96. The van der Waals surface area contributed by atoms with E-state index >= 15 is 0 Å². The van der Waals surface area contributed by atoms with Crippen LogP contribution in [-0.4, -0.2) is 0 Å². The highest BCUT2D eigenvalue weighted by molar-refractivity contribution is 5.88. The third kappa shape index (κ3) is 4.34. The van der Waals surface area contributed by atoms with Gasteiger partial charge >= 0.3 is 0 Å². The van der Waals surface area contributed by atoms with Crippen LogP contribution in [-0.2, 0) is 6.42 Å². The maximum Gasteiger partial charge on any atom is 0.166 e. The summed E-state index contributed by atoms with van der Waals surface area (Å²) in [5, 5.41) is 0.617. The molecule has 0 heterocycles. The fourth-order valence-corrected chi connectivity index (χ4v) is 3.88. The van der Waals surface area contributed by atoms with Crippen LogP contribution in [0.3, 0.4) is 0 Å². The van der Waals surface area contributed by atoms with Crippen LogP contribution in [0.25, 0.3) is 33.0 Å². The van der Waals surface area contributed by atoms with Gasteiger partial charge in [-0.25, -0.2) is 17.6 Å². The topological polar surface area (TPSA) is 0 Å². The van der Waals surface area contributed by atoms with E-state index in [1.807, 2.05) is 6.07 Å². The summed E-state index contributed by atoms with van der Waals surface area (Å²) < 4.78 is 56.9. The lowest BCUT2D eigenvalue weighted by Gasteiger charge is -2.10. The van der Waals surface area contributed by atoms with Gasteiger partial charge in [-0.2, -0.15) is 0 Å². The molecule has 0 nitrogen and oxygen atoms in total. The Morgan fingerprint density at radius 3 is 2.00 bits per heavy atom. The van der Waals surface area contributed by atoms with Gasteiger partial charge in [-0.3, -0.25) is 0 Å². The van der Waals surface area contributed by atoms with Crippen LogP contribution < -0.4 is 0 Å². The minimum atomic E-state index is -0.923. The van der Waals surface area contributed by atoms with E-state index in [1.165, 1.54) is 24.3 Å². The molecule has 0 saturated heterocycles. The molecular weight excluding hydrogens is 400 g/mol. The van der Waals surface area contributed by atoms with E-state index in [1.54, 1.807) is 30.3 Å². The van der Waals surface area contributed by atoms with Gasteiger partial charge in [0.2, 0.25) is 0 Å². The monoisotopic (exact) mass is 422 g/mol. The number of halogens is 4. The Morgan fingerprint density at radius 2 is 1.29 bits per heavy atom. The fraction of sp³-hybridized carbons (Fsp3) is 0.185. The number of aryl methyl sites for hydroxylation is 1. The molecule has 0 spiro atoms. The minimum Gasteiger partial charge on any atom is -0.206 e. The van der Waals surface area contributed by atoms with E-state index in [0.717, 1.165) is 37.3 Å². The molecule has 0 bridgehead atoms. The van der Waals surface area contributed by atoms with E-state index in [4.69, 9.17) is 0 Å². The third-order valence-corrected chi connectivity index (χ3v) is 5.60. The second kappa shape index (κ2) is 8.93. The molecule has 0 unspecified atom stereocenters. The molecule has 4 heteroatoms. The number of rotatable bonds is 6. The van der Waals surface area contributed by atoms with Gasteiger partial charge in [-0.05, 0) is 59.2 Å². The van der Waals surface area contributed by atoms with Crippen molar-refractivity contribution in [2.75, 3.05) is 0 Å². The van der Waals surface area contributed by atoms with Gasteiger partial charge in [0, 0.05) is 16.5 Å². The molecule has 0 saturated carbocycles. The maximum atomic E-state index is 14.9. The van der Waals surface area contributed by atoms with Gasteiger partial charge in [0.25, 0.3) is 0 Å². The Morgan fingerprint density at radius 1 is 0.613 bits per heavy atom. The lowest BCUT2D eigenvalue weighted by molar-refractivity contribution is 0.517. The molecule has 0 radical (unpaired) electrons.